The topological polar surface area (TPSA) is 28.2 Å². The first-order chi connectivity index (χ1) is 8.26. The van der Waals surface area contributed by atoms with Crippen molar-refractivity contribution in [1.29, 1.82) is 0 Å². The lowest BCUT2D eigenvalue weighted by Crippen LogP contribution is -2.23. The molecule has 0 unspecified atom stereocenters. The maximum Gasteiger partial charge on any atom is 0.185 e. The third-order valence-corrected chi connectivity index (χ3v) is 3.90. The Morgan fingerprint density at radius 1 is 1.24 bits per heavy atom. The van der Waals surface area contributed by atoms with Crippen molar-refractivity contribution < 1.29 is 0 Å². The van der Waals surface area contributed by atoms with E-state index in [9.17, 15) is 0 Å². The Bertz CT molecular complexity index is 299. The molecule has 1 rings (SSSR count). The molecule has 0 aliphatic rings. The monoisotopic (exact) mass is 255 g/mol. The Morgan fingerprint density at radius 2 is 2.00 bits per heavy atom. The van der Waals surface area contributed by atoms with Crippen molar-refractivity contribution in [2.75, 3.05) is 25.0 Å². The van der Waals surface area contributed by atoms with Crippen LogP contribution in [-0.2, 0) is 13.0 Å². The summed E-state index contributed by atoms with van der Waals surface area (Å²) in [6, 6.07) is 0. The molecule has 0 aliphatic heterocycles. The maximum atomic E-state index is 4.81. The Morgan fingerprint density at radius 3 is 2.53 bits per heavy atom. The highest BCUT2D eigenvalue weighted by atomic mass is 32.1. The predicted molar refractivity (Wildman–Crippen MR) is 77.1 cm³/mol. The summed E-state index contributed by atoms with van der Waals surface area (Å²) in [7, 11) is 2.00. The van der Waals surface area contributed by atoms with Gasteiger partial charge in [-0.15, -0.1) is 11.3 Å². The van der Waals surface area contributed by atoms with Crippen molar-refractivity contribution >= 4 is 16.5 Å². The van der Waals surface area contributed by atoms with Gasteiger partial charge in [0.1, 0.15) is 0 Å². The van der Waals surface area contributed by atoms with Gasteiger partial charge in [-0.2, -0.15) is 0 Å². The largest absolute Gasteiger partial charge is 0.348 e. The van der Waals surface area contributed by atoms with Crippen molar-refractivity contribution in [1.82, 2.24) is 10.3 Å². The van der Waals surface area contributed by atoms with Gasteiger partial charge in [-0.25, -0.2) is 4.98 Å². The van der Waals surface area contributed by atoms with Gasteiger partial charge in [0.15, 0.2) is 5.13 Å². The number of rotatable bonds is 8. The van der Waals surface area contributed by atoms with E-state index in [2.05, 4.69) is 31.0 Å². The summed E-state index contributed by atoms with van der Waals surface area (Å²) in [6.07, 6.45) is 3.44. The van der Waals surface area contributed by atoms with E-state index in [1.807, 2.05) is 18.4 Å². The van der Waals surface area contributed by atoms with Crippen molar-refractivity contribution in [3.05, 3.63) is 10.6 Å². The van der Waals surface area contributed by atoms with Crippen LogP contribution in [0.3, 0.4) is 0 Å². The minimum Gasteiger partial charge on any atom is -0.348 e. The fraction of sp³-hybridized carbons (Fsp3) is 0.769. The van der Waals surface area contributed by atoms with Crippen LogP contribution in [0.2, 0.25) is 0 Å². The van der Waals surface area contributed by atoms with E-state index in [-0.39, 0.29) is 0 Å². The number of anilines is 1. The van der Waals surface area contributed by atoms with Crippen LogP contribution in [0.4, 0.5) is 5.13 Å². The number of aryl methyl sites for hydroxylation is 1. The van der Waals surface area contributed by atoms with Gasteiger partial charge in [0.25, 0.3) is 0 Å². The van der Waals surface area contributed by atoms with E-state index in [4.69, 9.17) is 4.98 Å². The molecule has 4 heteroatoms. The van der Waals surface area contributed by atoms with Crippen LogP contribution < -0.4 is 10.2 Å². The molecule has 0 amide bonds. The molecular weight excluding hydrogens is 230 g/mol. The van der Waals surface area contributed by atoms with Gasteiger partial charge >= 0.3 is 0 Å². The highest BCUT2D eigenvalue weighted by Gasteiger charge is 2.13. The second kappa shape index (κ2) is 7.67. The smallest absolute Gasteiger partial charge is 0.185 e. The second-order valence-corrected chi connectivity index (χ2v) is 5.29. The Kier molecular flexibility index (Phi) is 6.52. The van der Waals surface area contributed by atoms with Crippen LogP contribution in [0.15, 0.2) is 0 Å². The summed E-state index contributed by atoms with van der Waals surface area (Å²) in [6.45, 7) is 9.73. The third kappa shape index (κ3) is 3.96. The van der Waals surface area contributed by atoms with Crippen LogP contribution in [-0.4, -0.2) is 25.1 Å². The van der Waals surface area contributed by atoms with Crippen molar-refractivity contribution in [2.24, 2.45) is 0 Å². The molecule has 0 aromatic carbocycles. The lowest BCUT2D eigenvalue weighted by Gasteiger charge is -2.18. The van der Waals surface area contributed by atoms with Crippen LogP contribution in [0.1, 0.15) is 44.2 Å². The van der Waals surface area contributed by atoms with Crippen LogP contribution in [0.5, 0.6) is 0 Å². The standard InChI is InChI=1S/C13H25N3S/c1-5-8-11-12(10-14-4)17-13(15-11)16(7-3)9-6-2/h14H,5-10H2,1-4H3. The van der Waals surface area contributed by atoms with Crippen molar-refractivity contribution in [3.8, 4) is 0 Å². The predicted octanol–water partition coefficient (Wildman–Crippen LogP) is 3.05. The zero-order valence-electron chi connectivity index (χ0n) is 11.5. The third-order valence-electron chi connectivity index (χ3n) is 2.74. The molecule has 0 bridgehead atoms. The van der Waals surface area contributed by atoms with E-state index in [0.717, 1.165) is 26.1 Å². The minimum absolute atomic E-state index is 0.941. The fourth-order valence-electron chi connectivity index (χ4n) is 1.89. The molecule has 0 radical (unpaired) electrons. The molecule has 3 nitrogen and oxygen atoms in total. The zero-order chi connectivity index (χ0) is 12.7. The van der Waals surface area contributed by atoms with Gasteiger partial charge in [-0.3, -0.25) is 0 Å². The first kappa shape index (κ1) is 14.5. The Labute approximate surface area is 109 Å². The van der Waals surface area contributed by atoms with E-state index in [1.54, 1.807) is 0 Å². The molecule has 0 spiro atoms. The zero-order valence-corrected chi connectivity index (χ0v) is 12.4. The van der Waals surface area contributed by atoms with Gasteiger partial charge in [0, 0.05) is 24.5 Å². The van der Waals surface area contributed by atoms with Gasteiger partial charge in [0.2, 0.25) is 0 Å². The first-order valence-corrected chi connectivity index (χ1v) is 7.46. The van der Waals surface area contributed by atoms with Gasteiger partial charge in [-0.05, 0) is 26.8 Å². The van der Waals surface area contributed by atoms with E-state index < -0.39 is 0 Å². The number of hydrogen-bond donors (Lipinski definition) is 1. The summed E-state index contributed by atoms with van der Waals surface area (Å²) in [4.78, 5) is 8.59. The summed E-state index contributed by atoms with van der Waals surface area (Å²) in [5.74, 6) is 0. The lowest BCUT2D eigenvalue weighted by molar-refractivity contribution is 0.775. The van der Waals surface area contributed by atoms with Crippen LogP contribution >= 0.6 is 11.3 Å². The van der Waals surface area contributed by atoms with Crippen molar-refractivity contribution in [3.63, 3.8) is 0 Å². The molecule has 17 heavy (non-hydrogen) atoms. The summed E-state index contributed by atoms with van der Waals surface area (Å²) < 4.78 is 0. The lowest BCUT2D eigenvalue weighted by atomic mass is 10.2. The fourth-order valence-corrected chi connectivity index (χ4v) is 3.10. The van der Waals surface area contributed by atoms with Gasteiger partial charge < -0.3 is 10.2 Å². The van der Waals surface area contributed by atoms with Gasteiger partial charge in [-0.1, -0.05) is 20.3 Å². The molecule has 1 aromatic rings. The molecule has 1 heterocycles. The number of hydrogen-bond acceptors (Lipinski definition) is 4. The molecular formula is C13H25N3S. The quantitative estimate of drug-likeness (QED) is 0.774. The number of thiazole rings is 1. The van der Waals surface area contributed by atoms with Crippen LogP contribution in [0, 0.1) is 0 Å². The first-order valence-electron chi connectivity index (χ1n) is 6.64. The minimum atomic E-state index is 0.941. The van der Waals surface area contributed by atoms with E-state index in [0.29, 0.717) is 0 Å². The summed E-state index contributed by atoms with van der Waals surface area (Å²) >= 11 is 1.85. The number of nitrogens with zero attached hydrogens (tertiary/aromatic N) is 2. The molecule has 0 fully saturated rings. The molecule has 0 saturated heterocycles. The highest BCUT2D eigenvalue weighted by Crippen LogP contribution is 2.27. The van der Waals surface area contributed by atoms with Gasteiger partial charge in [0.05, 0.1) is 5.69 Å². The average molecular weight is 255 g/mol. The molecule has 98 valence electrons. The summed E-state index contributed by atoms with van der Waals surface area (Å²) in [5, 5.41) is 4.43. The van der Waals surface area contributed by atoms with Crippen LogP contribution in [0.25, 0.3) is 0 Å². The summed E-state index contributed by atoms with van der Waals surface area (Å²) in [5.41, 5.74) is 1.29. The molecule has 1 N–H and O–H groups in total. The Balaban J connectivity index is 2.88. The number of nitrogens with one attached hydrogen (secondary N) is 1. The second-order valence-electron chi connectivity index (χ2n) is 4.23. The highest BCUT2D eigenvalue weighted by molar-refractivity contribution is 7.15. The molecule has 0 atom stereocenters. The number of aromatic nitrogens is 1. The van der Waals surface area contributed by atoms with E-state index >= 15 is 0 Å². The Hall–Kier alpha value is -0.610. The average Bonchev–Trinajstić information content (AvgIpc) is 2.70. The maximum absolute atomic E-state index is 4.81. The molecule has 0 aliphatic carbocycles. The molecule has 1 aromatic heterocycles. The SMILES string of the molecule is CCCc1nc(N(CC)CCC)sc1CNC. The van der Waals surface area contributed by atoms with Crippen molar-refractivity contribution in [2.45, 2.75) is 46.6 Å². The molecule has 0 saturated carbocycles. The van der Waals surface area contributed by atoms with E-state index in [1.165, 1.54) is 28.5 Å². The normalized spacial score (nSPS) is 10.8.